The fraction of sp³-hybridized carbons (Fsp3) is 0.211. The monoisotopic (exact) mass is 405 g/mol. The van der Waals surface area contributed by atoms with Gasteiger partial charge < -0.3 is 10.7 Å². The molecule has 0 aliphatic rings. The molecule has 2 aromatic carbocycles. The maximum atomic E-state index is 12.0. The number of hydrogen-bond acceptors (Lipinski definition) is 4. The van der Waals surface area contributed by atoms with Gasteiger partial charge in [0.25, 0.3) is 5.91 Å². The quantitative estimate of drug-likeness (QED) is 0.545. The van der Waals surface area contributed by atoms with E-state index in [1.165, 1.54) is 0 Å². The summed E-state index contributed by atoms with van der Waals surface area (Å²) in [7, 11) is -2.23. The molecule has 27 heavy (non-hydrogen) atoms. The van der Waals surface area contributed by atoms with E-state index < -0.39 is 14.2 Å². The van der Waals surface area contributed by atoms with Crippen molar-refractivity contribution in [3.63, 3.8) is 0 Å². The van der Waals surface area contributed by atoms with Crippen LogP contribution in [0.25, 0.3) is 22.0 Å². The first kappa shape index (κ1) is 19.4. The van der Waals surface area contributed by atoms with E-state index in [4.69, 9.17) is 26.4 Å². The molecule has 3 aromatic rings. The number of aromatic amines is 1. The minimum Gasteiger partial charge on any atom is -0.364 e. The van der Waals surface area contributed by atoms with Crippen LogP contribution in [-0.4, -0.2) is 17.5 Å². The zero-order valence-electron chi connectivity index (χ0n) is 15.1. The summed E-state index contributed by atoms with van der Waals surface area (Å²) >= 11 is 6.16. The largest absolute Gasteiger partial charge is 0.750 e. The first-order valence-corrected chi connectivity index (χ1v) is 9.80. The number of fused-ring (bicyclic) bond motifs is 1. The Bertz CT molecular complexity index is 1040. The van der Waals surface area contributed by atoms with Crippen molar-refractivity contribution in [3.8, 4) is 16.9 Å². The van der Waals surface area contributed by atoms with Gasteiger partial charge in [0.2, 0.25) is 0 Å². The number of carbonyl (C=O) groups is 1. The zero-order valence-corrected chi connectivity index (χ0v) is 16.8. The molecular weight excluding hydrogens is 387 g/mol. The molecule has 0 radical (unpaired) electrons. The highest BCUT2D eigenvalue weighted by molar-refractivity contribution is 7.33. The fourth-order valence-electron chi connectivity index (χ4n) is 3.20. The molecule has 1 unspecified atom stereocenters. The van der Waals surface area contributed by atoms with Gasteiger partial charge in [0.15, 0.2) is 5.75 Å². The molecule has 1 amide bonds. The standard InChI is InChI=1S/C19H18ClN2O4P/c1-4-25-27(24)26-13-7-10(2)16(11(3)8-13)17-14-9-12(20)5-6-15(14)22-18(17)19(21)23/h5-9H,4H2,1-3H3,(H2-,21,22,23)/p+1. The lowest BCUT2D eigenvalue weighted by molar-refractivity contribution is 0.0997. The van der Waals surface area contributed by atoms with Gasteiger partial charge in [0, 0.05) is 26.1 Å². The maximum Gasteiger partial charge on any atom is 0.750 e. The first-order chi connectivity index (χ1) is 12.8. The highest BCUT2D eigenvalue weighted by atomic mass is 35.5. The predicted molar refractivity (Wildman–Crippen MR) is 107 cm³/mol. The van der Waals surface area contributed by atoms with Crippen LogP contribution >= 0.6 is 19.9 Å². The van der Waals surface area contributed by atoms with Crippen LogP contribution in [0.15, 0.2) is 30.3 Å². The van der Waals surface area contributed by atoms with E-state index in [-0.39, 0.29) is 0 Å². The highest BCUT2D eigenvalue weighted by Gasteiger charge is 2.24. The average Bonchev–Trinajstić information content (AvgIpc) is 2.93. The van der Waals surface area contributed by atoms with Crippen LogP contribution in [0.4, 0.5) is 0 Å². The second kappa shape index (κ2) is 7.69. The van der Waals surface area contributed by atoms with Crippen LogP contribution in [0.2, 0.25) is 5.02 Å². The zero-order chi connectivity index (χ0) is 19.7. The number of carbonyl (C=O) groups excluding carboxylic acids is 1. The number of hydrogen-bond donors (Lipinski definition) is 2. The van der Waals surface area contributed by atoms with Crippen molar-refractivity contribution < 1.29 is 18.4 Å². The van der Waals surface area contributed by atoms with Crippen LogP contribution in [0, 0.1) is 13.8 Å². The first-order valence-electron chi connectivity index (χ1n) is 8.32. The summed E-state index contributed by atoms with van der Waals surface area (Å²) in [6.07, 6.45) is 0. The number of amides is 1. The summed E-state index contributed by atoms with van der Waals surface area (Å²) in [4.78, 5) is 15.1. The number of rotatable bonds is 6. The van der Waals surface area contributed by atoms with Crippen LogP contribution < -0.4 is 10.3 Å². The second-order valence-electron chi connectivity index (χ2n) is 6.09. The van der Waals surface area contributed by atoms with E-state index in [1.54, 1.807) is 31.2 Å². The Kier molecular flexibility index (Phi) is 5.51. The molecule has 0 saturated heterocycles. The Morgan fingerprint density at radius 3 is 2.44 bits per heavy atom. The molecule has 0 fully saturated rings. The van der Waals surface area contributed by atoms with Gasteiger partial charge in [-0.25, -0.2) is 4.52 Å². The van der Waals surface area contributed by atoms with Crippen molar-refractivity contribution in [1.29, 1.82) is 0 Å². The number of H-pyrrole nitrogens is 1. The molecule has 0 aliphatic heterocycles. The summed E-state index contributed by atoms with van der Waals surface area (Å²) in [5.74, 6) is -0.127. The highest BCUT2D eigenvalue weighted by Crippen LogP contribution is 2.40. The SMILES string of the molecule is CCO[P+](=O)Oc1cc(C)c(-c2c(C(N)=O)[nH]c3ccc(Cl)cc23)c(C)c1. The number of aromatic nitrogens is 1. The lowest BCUT2D eigenvalue weighted by atomic mass is 9.93. The number of primary amides is 1. The number of nitrogens with one attached hydrogen (secondary N) is 1. The molecule has 3 rings (SSSR count). The number of halogens is 1. The normalized spacial score (nSPS) is 11.6. The van der Waals surface area contributed by atoms with Crippen molar-refractivity contribution in [2.24, 2.45) is 5.73 Å². The molecule has 3 N–H and O–H groups in total. The minimum atomic E-state index is -2.23. The lowest BCUT2D eigenvalue weighted by Gasteiger charge is -2.12. The van der Waals surface area contributed by atoms with Gasteiger partial charge in [-0.3, -0.25) is 4.79 Å². The van der Waals surface area contributed by atoms with Crippen LogP contribution in [0.3, 0.4) is 0 Å². The fourth-order valence-corrected chi connectivity index (χ4v) is 3.91. The smallest absolute Gasteiger partial charge is 0.364 e. The van der Waals surface area contributed by atoms with Gasteiger partial charge in [-0.1, -0.05) is 11.6 Å². The number of benzene rings is 2. The summed E-state index contributed by atoms with van der Waals surface area (Å²) < 4.78 is 22.0. The summed E-state index contributed by atoms with van der Waals surface area (Å²) in [6.45, 7) is 5.81. The van der Waals surface area contributed by atoms with Crippen molar-refractivity contribution in [3.05, 3.63) is 52.2 Å². The van der Waals surface area contributed by atoms with E-state index in [1.807, 2.05) is 19.9 Å². The van der Waals surface area contributed by atoms with Gasteiger partial charge >= 0.3 is 8.25 Å². The molecule has 8 heteroatoms. The van der Waals surface area contributed by atoms with Crippen molar-refractivity contribution in [1.82, 2.24) is 4.98 Å². The Labute approximate surface area is 162 Å². The molecule has 6 nitrogen and oxygen atoms in total. The topological polar surface area (TPSA) is 94.4 Å². The average molecular weight is 406 g/mol. The third-order valence-electron chi connectivity index (χ3n) is 4.18. The summed E-state index contributed by atoms with van der Waals surface area (Å²) in [6, 6.07) is 8.86. The second-order valence-corrected chi connectivity index (χ2v) is 7.42. The lowest BCUT2D eigenvalue weighted by Crippen LogP contribution is -2.13. The van der Waals surface area contributed by atoms with Crippen LogP contribution in [-0.2, 0) is 9.09 Å². The summed E-state index contributed by atoms with van der Waals surface area (Å²) in [5.41, 5.74) is 9.89. The Balaban J connectivity index is 2.19. The molecule has 0 aliphatic carbocycles. The van der Waals surface area contributed by atoms with E-state index >= 15 is 0 Å². The van der Waals surface area contributed by atoms with Crippen molar-refractivity contribution in [2.75, 3.05) is 6.61 Å². The van der Waals surface area contributed by atoms with Gasteiger partial charge in [0.05, 0.1) is 0 Å². The van der Waals surface area contributed by atoms with E-state index in [2.05, 4.69) is 4.98 Å². The van der Waals surface area contributed by atoms with Gasteiger partial charge in [-0.15, -0.1) is 4.52 Å². The number of nitrogens with two attached hydrogens (primary N) is 1. The van der Waals surface area contributed by atoms with Gasteiger partial charge in [-0.2, -0.15) is 0 Å². The van der Waals surface area contributed by atoms with Crippen molar-refractivity contribution >= 4 is 36.7 Å². The molecule has 0 bridgehead atoms. The third kappa shape index (κ3) is 3.83. The molecule has 1 aromatic heterocycles. The van der Waals surface area contributed by atoms with Crippen LogP contribution in [0.1, 0.15) is 28.5 Å². The van der Waals surface area contributed by atoms with E-state index in [0.29, 0.717) is 28.6 Å². The van der Waals surface area contributed by atoms with E-state index in [9.17, 15) is 9.36 Å². The minimum absolute atomic E-state index is 0.295. The van der Waals surface area contributed by atoms with Crippen LogP contribution in [0.5, 0.6) is 5.75 Å². The molecule has 0 spiro atoms. The summed E-state index contributed by atoms with van der Waals surface area (Å²) in [5, 5.41) is 1.36. The predicted octanol–water partition coefficient (Wildman–Crippen LogP) is 5.28. The molecule has 1 atom stereocenters. The Morgan fingerprint density at radius 1 is 1.19 bits per heavy atom. The van der Waals surface area contributed by atoms with Crippen molar-refractivity contribution in [2.45, 2.75) is 20.8 Å². The van der Waals surface area contributed by atoms with Gasteiger partial charge in [-0.05, 0) is 67.8 Å². The van der Waals surface area contributed by atoms with Gasteiger partial charge in [0.1, 0.15) is 12.3 Å². The third-order valence-corrected chi connectivity index (χ3v) is 5.24. The molecule has 1 heterocycles. The molecule has 0 saturated carbocycles. The number of aryl methyl sites for hydroxylation is 2. The molecular formula is C19H19ClN2O4P+. The maximum absolute atomic E-state index is 12.0. The Hall–Kier alpha value is -2.40. The molecule has 140 valence electrons. The Morgan fingerprint density at radius 2 is 1.85 bits per heavy atom. The van der Waals surface area contributed by atoms with E-state index in [0.717, 1.165) is 27.6 Å².